The average Bonchev–Trinajstić information content (AvgIpc) is 3.24. The third-order valence-electron chi connectivity index (χ3n) is 8.41. The van der Waals surface area contributed by atoms with E-state index < -0.39 is 11.4 Å². The van der Waals surface area contributed by atoms with E-state index in [1.165, 1.54) is 6.42 Å². The molecule has 4 aliphatic rings. The lowest BCUT2D eigenvalue weighted by atomic mass is 9.43. The fourth-order valence-corrected chi connectivity index (χ4v) is 6.71. The summed E-state index contributed by atoms with van der Waals surface area (Å²) < 4.78 is 17.4. The maximum absolute atomic E-state index is 12.3. The van der Waals surface area contributed by atoms with E-state index in [1.807, 2.05) is 0 Å². The van der Waals surface area contributed by atoms with Gasteiger partial charge in [0.05, 0.1) is 18.8 Å². The van der Waals surface area contributed by atoms with Gasteiger partial charge in [0, 0.05) is 23.8 Å². The molecule has 0 aromatic heterocycles. The molecular weight excluding hydrogens is 344 g/mol. The van der Waals surface area contributed by atoms with Gasteiger partial charge in [0.2, 0.25) is 0 Å². The van der Waals surface area contributed by atoms with E-state index in [0.29, 0.717) is 38.6 Å². The Labute approximate surface area is 162 Å². The lowest BCUT2D eigenvalue weighted by Crippen LogP contribution is -2.69. The summed E-state index contributed by atoms with van der Waals surface area (Å²) in [7, 11) is 0. The van der Waals surface area contributed by atoms with Crippen LogP contribution < -0.4 is 0 Å². The zero-order valence-corrected chi connectivity index (χ0v) is 17.2. The Bertz CT molecular complexity index is 647. The SMILES string of the molecule is C[C@@H]1C2(C[C@H]3C(C)(C)CCC[C@]3(C)[C@@]1(O)CCC1=CC(=O)OC1)OCCO2. The van der Waals surface area contributed by atoms with Gasteiger partial charge in [0.15, 0.2) is 5.79 Å². The summed E-state index contributed by atoms with van der Waals surface area (Å²) in [5.41, 5.74) is 0.00178. The summed E-state index contributed by atoms with van der Waals surface area (Å²) in [6.45, 7) is 10.6. The molecule has 0 aromatic rings. The van der Waals surface area contributed by atoms with Gasteiger partial charge in [-0.05, 0) is 42.6 Å². The van der Waals surface area contributed by atoms with Crippen molar-refractivity contribution in [2.75, 3.05) is 19.8 Å². The van der Waals surface area contributed by atoms with Crippen LogP contribution in [0.4, 0.5) is 0 Å². The topological polar surface area (TPSA) is 65.0 Å². The molecular formula is C22H34O5. The maximum atomic E-state index is 12.3. The Morgan fingerprint density at radius 1 is 1.19 bits per heavy atom. The van der Waals surface area contributed by atoms with Gasteiger partial charge in [0.25, 0.3) is 0 Å². The second-order valence-corrected chi connectivity index (χ2v) is 10.1. The molecule has 0 radical (unpaired) electrons. The predicted octanol–water partition coefficient (Wildman–Crippen LogP) is 3.60. The number of hydrogen-bond acceptors (Lipinski definition) is 5. The van der Waals surface area contributed by atoms with Crippen LogP contribution >= 0.6 is 0 Å². The first-order valence-electron chi connectivity index (χ1n) is 10.5. The van der Waals surface area contributed by atoms with Crippen LogP contribution in [-0.2, 0) is 19.0 Å². The predicted molar refractivity (Wildman–Crippen MR) is 101 cm³/mol. The number of carbonyl (C=O) groups excluding carboxylic acids is 1. The third-order valence-corrected chi connectivity index (χ3v) is 8.41. The van der Waals surface area contributed by atoms with Crippen LogP contribution in [0.3, 0.4) is 0 Å². The zero-order valence-electron chi connectivity index (χ0n) is 17.2. The molecule has 0 bridgehead atoms. The Morgan fingerprint density at radius 3 is 2.52 bits per heavy atom. The van der Waals surface area contributed by atoms with Gasteiger partial charge < -0.3 is 19.3 Å². The van der Waals surface area contributed by atoms with Crippen LogP contribution in [0, 0.1) is 22.7 Å². The molecule has 0 unspecified atom stereocenters. The lowest BCUT2D eigenvalue weighted by molar-refractivity contribution is -0.327. The Kier molecular flexibility index (Phi) is 4.53. The fraction of sp³-hybridized carbons (Fsp3) is 0.864. The fourth-order valence-electron chi connectivity index (χ4n) is 6.71. The number of esters is 1. The highest BCUT2D eigenvalue weighted by atomic mass is 16.7. The molecule has 2 aliphatic carbocycles. The smallest absolute Gasteiger partial charge is 0.331 e. The van der Waals surface area contributed by atoms with Crippen molar-refractivity contribution < 1.29 is 24.1 Å². The minimum Gasteiger partial charge on any atom is -0.458 e. The van der Waals surface area contributed by atoms with E-state index in [4.69, 9.17) is 14.2 Å². The van der Waals surface area contributed by atoms with Crippen LogP contribution in [0.1, 0.15) is 66.2 Å². The Morgan fingerprint density at radius 2 is 1.89 bits per heavy atom. The highest BCUT2D eigenvalue weighted by molar-refractivity contribution is 5.85. The standard InChI is InChI=1S/C22H34O5/c1-15-21(24,9-6-16-12-18(23)25-14-16)20(4)8-5-7-19(2,3)17(20)13-22(15)26-10-11-27-22/h12,15,17,24H,5-11,13-14H2,1-4H3/t15-,17-,20-,21+/m0/s1. The number of cyclic esters (lactones) is 1. The van der Waals surface area contributed by atoms with Crippen molar-refractivity contribution in [3.8, 4) is 0 Å². The quantitative estimate of drug-likeness (QED) is 0.760. The zero-order chi connectivity index (χ0) is 19.5. The van der Waals surface area contributed by atoms with Crippen LogP contribution in [0.2, 0.25) is 0 Å². The first-order chi connectivity index (χ1) is 12.6. The van der Waals surface area contributed by atoms with Gasteiger partial charge in [-0.3, -0.25) is 0 Å². The molecule has 4 atom stereocenters. The molecule has 5 heteroatoms. The summed E-state index contributed by atoms with van der Waals surface area (Å²) in [5.74, 6) is -0.755. The third kappa shape index (κ3) is 2.80. The van der Waals surface area contributed by atoms with E-state index in [0.717, 1.165) is 24.8 Å². The summed E-state index contributed by atoms with van der Waals surface area (Å²) in [5, 5.41) is 12.3. The molecule has 1 N–H and O–H groups in total. The van der Waals surface area contributed by atoms with E-state index >= 15 is 0 Å². The van der Waals surface area contributed by atoms with Gasteiger partial charge in [0.1, 0.15) is 6.61 Å². The number of ether oxygens (including phenoxy) is 3. The van der Waals surface area contributed by atoms with Gasteiger partial charge in [-0.15, -0.1) is 0 Å². The molecule has 0 amide bonds. The summed E-state index contributed by atoms with van der Waals surface area (Å²) >= 11 is 0. The van der Waals surface area contributed by atoms with Crippen LogP contribution in [0.5, 0.6) is 0 Å². The van der Waals surface area contributed by atoms with E-state index in [1.54, 1.807) is 6.08 Å². The van der Waals surface area contributed by atoms with Crippen LogP contribution in [0.25, 0.3) is 0 Å². The minimum absolute atomic E-state index is 0.124. The van der Waals surface area contributed by atoms with Crippen LogP contribution in [0.15, 0.2) is 11.6 Å². The molecule has 2 saturated carbocycles. The lowest BCUT2D eigenvalue weighted by Gasteiger charge is -2.66. The normalized spacial score (nSPS) is 42.7. The van der Waals surface area contributed by atoms with E-state index in [-0.39, 0.29) is 22.7 Å². The Balaban J connectivity index is 1.70. The van der Waals surface area contributed by atoms with E-state index in [9.17, 15) is 9.90 Å². The first kappa shape index (κ1) is 19.4. The number of aliphatic hydroxyl groups is 1. The summed E-state index contributed by atoms with van der Waals surface area (Å²) in [6, 6.07) is 0. The van der Waals surface area contributed by atoms with Crippen molar-refractivity contribution in [1.82, 2.24) is 0 Å². The molecule has 27 heavy (non-hydrogen) atoms. The number of rotatable bonds is 3. The van der Waals surface area contributed by atoms with Crippen molar-refractivity contribution in [2.45, 2.75) is 77.6 Å². The summed E-state index contributed by atoms with van der Waals surface area (Å²) in [6.07, 6.45) is 7.03. The number of fused-ring (bicyclic) bond motifs is 1. The van der Waals surface area contributed by atoms with E-state index in [2.05, 4.69) is 27.7 Å². The van der Waals surface area contributed by atoms with Gasteiger partial charge >= 0.3 is 5.97 Å². The van der Waals surface area contributed by atoms with Gasteiger partial charge in [-0.1, -0.05) is 34.1 Å². The molecule has 5 nitrogen and oxygen atoms in total. The molecule has 3 fully saturated rings. The highest BCUT2D eigenvalue weighted by Gasteiger charge is 2.69. The monoisotopic (exact) mass is 378 g/mol. The average molecular weight is 379 g/mol. The van der Waals surface area contributed by atoms with Gasteiger partial charge in [-0.25, -0.2) is 4.79 Å². The van der Waals surface area contributed by atoms with Gasteiger partial charge in [-0.2, -0.15) is 0 Å². The molecule has 152 valence electrons. The van der Waals surface area contributed by atoms with Crippen molar-refractivity contribution >= 4 is 5.97 Å². The first-order valence-corrected chi connectivity index (χ1v) is 10.5. The molecule has 0 aromatic carbocycles. The minimum atomic E-state index is -0.912. The Hall–Kier alpha value is -0.910. The van der Waals surface area contributed by atoms with Crippen LogP contribution in [-0.4, -0.2) is 42.3 Å². The second-order valence-electron chi connectivity index (χ2n) is 10.1. The molecule has 1 spiro atoms. The highest BCUT2D eigenvalue weighted by Crippen LogP contribution is 2.67. The van der Waals surface area contributed by atoms with Crippen molar-refractivity contribution in [1.29, 1.82) is 0 Å². The number of carbonyl (C=O) groups is 1. The molecule has 1 saturated heterocycles. The number of hydrogen-bond donors (Lipinski definition) is 1. The maximum Gasteiger partial charge on any atom is 0.331 e. The summed E-state index contributed by atoms with van der Waals surface area (Å²) in [4.78, 5) is 11.4. The molecule has 2 heterocycles. The molecule has 2 aliphatic heterocycles. The van der Waals surface area contributed by atoms with Crippen molar-refractivity contribution in [3.63, 3.8) is 0 Å². The van der Waals surface area contributed by atoms with Crippen molar-refractivity contribution in [3.05, 3.63) is 11.6 Å². The van der Waals surface area contributed by atoms with Crippen molar-refractivity contribution in [2.24, 2.45) is 22.7 Å². The second kappa shape index (κ2) is 6.30. The largest absolute Gasteiger partial charge is 0.458 e. The molecule has 4 rings (SSSR count).